The van der Waals surface area contributed by atoms with Gasteiger partial charge in [-0.3, -0.25) is 0 Å². The van der Waals surface area contributed by atoms with Crippen molar-refractivity contribution in [2.24, 2.45) is 11.8 Å². The Morgan fingerprint density at radius 1 is 1.06 bits per heavy atom. The quantitative estimate of drug-likeness (QED) is 0.790. The Morgan fingerprint density at radius 2 is 1.76 bits per heavy atom. The van der Waals surface area contributed by atoms with E-state index in [4.69, 9.17) is 0 Å². The first-order valence-electron chi connectivity index (χ1n) is 7.59. The summed E-state index contributed by atoms with van der Waals surface area (Å²) in [5.41, 5.74) is 0. The highest BCUT2D eigenvalue weighted by Gasteiger charge is 2.32. The molecule has 2 rings (SSSR count). The number of rotatable bonds is 4. The van der Waals surface area contributed by atoms with E-state index in [2.05, 4.69) is 12.2 Å². The zero-order chi connectivity index (χ0) is 12.3. The van der Waals surface area contributed by atoms with Gasteiger partial charge in [-0.25, -0.2) is 0 Å². The molecule has 2 fully saturated rings. The lowest BCUT2D eigenvalue weighted by atomic mass is 9.69. The Morgan fingerprint density at radius 3 is 2.47 bits per heavy atom. The van der Waals surface area contributed by atoms with Crippen molar-refractivity contribution in [2.45, 2.75) is 83.4 Å². The molecule has 0 heterocycles. The van der Waals surface area contributed by atoms with Crippen LogP contribution in [0.5, 0.6) is 0 Å². The Balaban J connectivity index is 1.75. The summed E-state index contributed by atoms with van der Waals surface area (Å²) < 4.78 is 0. The summed E-state index contributed by atoms with van der Waals surface area (Å²) in [5, 5.41) is 13.1. The van der Waals surface area contributed by atoms with E-state index in [-0.39, 0.29) is 6.10 Å². The van der Waals surface area contributed by atoms with Crippen molar-refractivity contribution in [3.05, 3.63) is 0 Å². The topological polar surface area (TPSA) is 32.3 Å². The van der Waals surface area contributed by atoms with E-state index in [0.717, 1.165) is 18.3 Å². The lowest BCUT2D eigenvalue weighted by Gasteiger charge is -2.40. The van der Waals surface area contributed by atoms with Gasteiger partial charge in [-0.15, -0.1) is 0 Å². The van der Waals surface area contributed by atoms with Gasteiger partial charge in [-0.2, -0.15) is 0 Å². The smallest absolute Gasteiger partial charge is 0.0526 e. The fraction of sp³-hybridized carbons (Fsp3) is 1.00. The van der Waals surface area contributed by atoms with Crippen LogP contribution in [-0.4, -0.2) is 23.3 Å². The average Bonchev–Trinajstić information content (AvgIpc) is 2.27. The molecule has 100 valence electrons. The van der Waals surface area contributed by atoms with E-state index >= 15 is 0 Å². The molecule has 5 unspecified atom stereocenters. The van der Waals surface area contributed by atoms with E-state index in [1.54, 1.807) is 0 Å². The zero-order valence-electron chi connectivity index (χ0n) is 11.5. The molecule has 2 N–H and O–H groups in total. The first kappa shape index (κ1) is 13.4. The fourth-order valence-corrected chi connectivity index (χ4v) is 4.01. The van der Waals surface area contributed by atoms with Crippen LogP contribution in [0.4, 0.5) is 0 Å². The van der Waals surface area contributed by atoms with Crippen LogP contribution >= 0.6 is 0 Å². The molecule has 0 spiro atoms. The van der Waals surface area contributed by atoms with Crippen LogP contribution in [0, 0.1) is 11.8 Å². The number of hydrogen-bond donors (Lipinski definition) is 2. The SMILES string of the molecule is CC(O)CC(C)NC1CCC2CCCCC2C1. The van der Waals surface area contributed by atoms with Crippen LogP contribution in [-0.2, 0) is 0 Å². The third-order valence-corrected chi connectivity index (χ3v) is 4.75. The van der Waals surface area contributed by atoms with Gasteiger partial charge in [0.25, 0.3) is 0 Å². The molecule has 0 aromatic rings. The molecule has 2 heteroatoms. The molecule has 5 atom stereocenters. The van der Waals surface area contributed by atoms with E-state index in [0.29, 0.717) is 12.1 Å². The molecule has 17 heavy (non-hydrogen) atoms. The summed E-state index contributed by atoms with van der Waals surface area (Å²) in [6.07, 6.45) is 10.8. The number of aliphatic hydroxyl groups is 1. The Hall–Kier alpha value is -0.0800. The van der Waals surface area contributed by atoms with Crippen molar-refractivity contribution < 1.29 is 5.11 Å². The van der Waals surface area contributed by atoms with Crippen LogP contribution in [0.1, 0.15) is 65.2 Å². The zero-order valence-corrected chi connectivity index (χ0v) is 11.5. The van der Waals surface area contributed by atoms with Gasteiger partial charge < -0.3 is 10.4 Å². The molecule has 0 aromatic carbocycles. The highest BCUT2D eigenvalue weighted by atomic mass is 16.3. The van der Waals surface area contributed by atoms with Crippen LogP contribution in [0.2, 0.25) is 0 Å². The van der Waals surface area contributed by atoms with Crippen molar-refractivity contribution in [3.8, 4) is 0 Å². The van der Waals surface area contributed by atoms with Gasteiger partial charge in [0.05, 0.1) is 6.10 Å². The molecule has 0 aromatic heterocycles. The van der Waals surface area contributed by atoms with Gasteiger partial charge in [0.2, 0.25) is 0 Å². The van der Waals surface area contributed by atoms with Crippen LogP contribution in [0.15, 0.2) is 0 Å². The van der Waals surface area contributed by atoms with Crippen LogP contribution < -0.4 is 5.32 Å². The minimum Gasteiger partial charge on any atom is -0.393 e. The van der Waals surface area contributed by atoms with E-state index in [1.165, 1.54) is 44.9 Å². The second-order valence-corrected chi connectivity index (χ2v) is 6.47. The fourth-order valence-electron chi connectivity index (χ4n) is 4.01. The lowest BCUT2D eigenvalue weighted by Crippen LogP contribution is -2.43. The first-order valence-corrected chi connectivity index (χ1v) is 7.59. The van der Waals surface area contributed by atoms with Gasteiger partial charge in [-0.05, 0) is 51.4 Å². The average molecular weight is 239 g/mol. The Kier molecular flexibility index (Phi) is 4.87. The highest BCUT2D eigenvalue weighted by Crippen LogP contribution is 2.40. The van der Waals surface area contributed by atoms with Gasteiger partial charge >= 0.3 is 0 Å². The maximum atomic E-state index is 9.40. The molecule has 2 saturated carbocycles. The normalized spacial score (nSPS) is 37.2. The maximum Gasteiger partial charge on any atom is 0.0526 e. The summed E-state index contributed by atoms with van der Waals surface area (Å²) >= 11 is 0. The third kappa shape index (κ3) is 3.96. The summed E-state index contributed by atoms with van der Waals surface area (Å²) in [4.78, 5) is 0. The molecule has 0 aliphatic heterocycles. The summed E-state index contributed by atoms with van der Waals surface area (Å²) in [5.74, 6) is 2.03. The van der Waals surface area contributed by atoms with Gasteiger partial charge in [0.15, 0.2) is 0 Å². The highest BCUT2D eigenvalue weighted by molar-refractivity contribution is 4.87. The first-order chi connectivity index (χ1) is 8.15. The van der Waals surface area contributed by atoms with E-state index in [1.807, 2.05) is 6.92 Å². The largest absolute Gasteiger partial charge is 0.393 e. The van der Waals surface area contributed by atoms with E-state index in [9.17, 15) is 5.11 Å². The molecule has 2 nitrogen and oxygen atoms in total. The predicted molar refractivity (Wildman–Crippen MR) is 72.0 cm³/mol. The van der Waals surface area contributed by atoms with Gasteiger partial charge in [-0.1, -0.05) is 25.7 Å². The predicted octanol–water partition coefficient (Wildman–Crippen LogP) is 3.09. The van der Waals surface area contributed by atoms with Crippen molar-refractivity contribution in [3.63, 3.8) is 0 Å². The number of hydrogen-bond acceptors (Lipinski definition) is 2. The third-order valence-electron chi connectivity index (χ3n) is 4.75. The number of aliphatic hydroxyl groups excluding tert-OH is 1. The van der Waals surface area contributed by atoms with Crippen molar-refractivity contribution >= 4 is 0 Å². The van der Waals surface area contributed by atoms with Gasteiger partial charge in [0.1, 0.15) is 0 Å². The number of nitrogens with one attached hydrogen (secondary N) is 1. The lowest BCUT2D eigenvalue weighted by molar-refractivity contribution is 0.128. The summed E-state index contributed by atoms with van der Waals surface area (Å²) in [6.45, 7) is 4.09. The minimum atomic E-state index is -0.177. The molecule has 2 aliphatic carbocycles. The molecular formula is C15H29NO. The minimum absolute atomic E-state index is 0.177. The van der Waals surface area contributed by atoms with Crippen molar-refractivity contribution in [1.29, 1.82) is 0 Å². The maximum absolute atomic E-state index is 9.40. The van der Waals surface area contributed by atoms with Gasteiger partial charge in [0, 0.05) is 12.1 Å². The van der Waals surface area contributed by atoms with Crippen molar-refractivity contribution in [2.75, 3.05) is 0 Å². The second-order valence-electron chi connectivity index (χ2n) is 6.47. The Labute approximate surface area is 106 Å². The van der Waals surface area contributed by atoms with Crippen LogP contribution in [0.25, 0.3) is 0 Å². The standard InChI is InChI=1S/C15H29NO/c1-11(9-12(2)17)16-15-8-7-13-5-3-4-6-14(13)10-15/h11-17H,3-10H2,1-2H3. The summed E-state index contributed by atoms with van der Waals surface area (Å²) in [6, 6.07) is 1.17. The molecular weight excluding hydrogens is 210 g/mol. The second kappa shape index (κ2) is 6.19. The molecule has 0 bridgehead atoms. The molecule has 2 aliphatic rings. The monoisotopic (exact) mass is 239 g/mol. The van der Waals surface area contributed by atoms with Crippen molar-refractivity contribution in [1.82, 2.24) is 5.32 Å². The molecule has 0 amide bonds. The molecule has 0 saturated heterocycles. The summed E-state index contributed by atoms with van der Waals surface area (Å²) in [7, 11) is 0. The molecule has 0 radical (unpaired) electrons. The van der Waals surface area contributed by atoms with Crippen LogP contribution in [0.3, 0.4) is 0 Å². The van der Waals surface area contributed by atoms with E-state index < -0.39 is 0 Å². The number of fused-ring (bicyclic) bond motifs is 1. The Bertz CT molecular complexity index is 229.